The first-order chi connectivity index (χ1) is 9.06. The molecule has 0 aliphatic heterocycles. The molecule has 0 radical (unpaired) electrons. The fourth-order valence-electron chi connectivity index (χ4n) is 2.77. The van der Waals surface area contributed by atoms with E-state index in [1.54, 1.807) is 12.1 Å². The van der Waals surface area contributed by atoms with Gasteiger partial charge >= 0.3 is 0 Å². The third-order valence-electron chi connectivity index (χ3n) is 4.26. The number of hydrogen-bond donors (Lipinski definition) is 1. The average molecular weight is 264 g/mol. The molecule has 1 aromatic rings. The van der Waals surface area contributed by atoms with Gasteiger partial charge in [0.05, 0.1) is 5.69 Å². The molecule has 3 heteroatoms. The molecule has 0 saturated heterocycles. The molecule has 0 bridgehead atoms. The van der Waals surface area contributed by atoms with E-state index in [0.717, 1.165) is 23.7 Å². The molecule has 1 fully saturated rings. The zero-order valence-electron chi connectivity index (χ0n) is 12.4. The van der Waals surface area contributed by atoms with Crippen molar-refractivity contribution in [3.05, 3.63) is 29.6 Å². The van der Waals surface area contributed by atoms with Gasteiger partial charge in [0.15, 0.2) is 0 Å². The summed E-state index contributed by atoms with van der Waals surface area (Å²) in [4.78, 5) is 2.12. The molecule has 0 aromatic heterocycles. The van der Waals surface area contributed by atoms with Gasteiger partial charge in [0.1, 0.15) is 5.82 Å². The van der Waals surface area contributed by atoms with Crippen LogP contribution in [-0.2, 0) is 0 Å². The Morgan fingerprint density at radius 2 is 2.05 bits per heavy atom. The van der Waals surface area contributed by atoms with E-state index in [9.17, 15) is 4.39 Å². The first-order valence-electron chi connectivity index (χ1n) is 7.30. The largest absolute Gasteiger partial charge is 0.369 e. The number of nitrogens with zero attached hydrogens (tertiary/aromatic N) is 1. The minimum absolute atomic E-state index is 0.114. The molecule has 2 nitrogen and oxygen atoms in total. The number of benzene rings is 1. The molecule has 2 rings (SSSR count). The summed E-state index contributed by atoms with van der Waals surface area (Å²) in [5, 5.41) is 3.37. The highest BCUT2D eigenvalue weighted by molar-refractivity contribution is 5.56. The van der Waals surface area contributed by atoms with Crippen molar-refractivity contribution in [2.75, 3.05) is 18.5 Å². The van der Waals surface area contributed by atoms with Crippen LogP contribution < -0.4 is 10.2 Å². The van der Waals surface area contributed by atoms with Gasteiger partial charge in [-0.2, -0.15) is 0 Å². The summed E-state index contributed by atoms with van der Waals surface area (Å²) in [5.74, 6) is 0.615. The first kappa shape index (κ1) is 14.3. The zero-order valence-corrected chi connectivity index (χ0v) is 12.4. The van der Waals surface area contributed by atoms with Crippen molar-refractivity contribution in [3.8, 4) is 0 Å². The minimum atomic E-state index is -0.114. The lowest BCUT2D eigenvalue weighted by Crippen LogP contribution is -2.33. The fraction of sp³-hybridized carbons (Fsp3) is 0.625. The molecule has 0 amide bonds. The molecule has 19 heavy (non-hydrogen) atoms. The number of rotatable bonds is 6. The van der Waals surface area contributed by atoms with Gasteiger partial charge in [0, 0.05) is 19.1 Å². The molecule has 2 unspecified atom stereocenters. The van der Waals surface area contributed by atoms with Crippen molar-refractivity contribution in [3.63, 3.8) is 0 Å². The van der Waals surface area contributed by atoms with Gasteiger partial charge in [-0.25, -0.2) is 4.39 Å². The second kappa shape index (κ2) is 5.91. The number of para-hydroxylation sites is 1. The quantitative estimate of drug-likeness (QED) is 0.842. The van der Waals surface area contributed by atoms with Crippen LogP contribution in [0.2, 0.25) is 0 Å². The summed E-state index contributed by atoms with van der Waals surface area (Å²) in [6, 6.07) is 5.97. The predicted octanol–water partition coefficient (Wildman–Crippen LogP) is 3.73. The van der Waals surface area contributed by atoms with Crippen LogP contribution in [0.15, 0.2) is 18.2 Å². The van der Waals surface area contributed by atoms with Crippen LogP contribution in [0.25, 0.3) is 0 Å². The van der Waals surface area contributed by atoms with Crippen LogP contribution >= 0.6 is 0 Å². The van der Waals surface area contributed by atoms with Crippen molar-refractivity contribution in [2.45, 2.75) is 45.7 Å². The minimum Gasteiger partial charge on any atom is -0.369 e. The van der Waals surface area contributed by atoms with E-state index in [4.69, 9.17) is 0 Å². The fourth-order valence-corrected chi connectivity index (χ4v) is 2.77. The van der Waals surface area contributed by atoms with E-state index in [0.29, 0.717) is 6.04 Å². The van der Waals surface area contributed by atoms with Crippen molar-refractivity contribution in [1.29, 1.82) is 0 Å². The Balaban J connectivity index is 2.30. The highest BCUT2D eigenvalue weighted by Gasteiger charge is 2.32. The third kappa shape index (κ3) is 3.08. The van der Waals surface area contributed by atoms with E-state index in [1.807, 2.05) is 13.1 Å². The second-order valence-electron chi connectivity index (χ2n) is 5.65. The van der Waals surface area contributed by atoms with Crippen LogP contribution in [0.5, 0.6) is 0 Å². The predicted molar refractivity (Wildman–Crippen MR) is 79.1 cm³/mol. The van der Waals surface area contributed by atoms with Gasteiger partial charge in [0.2, 0.25) is 0 Å². The molecule has 1 aliphatic rings. The maximum absolute atomic E-state index is 14.3. The number of nitrogens with one attached hydrogen (secondary N) is 1. The van der Waals surface area contributed by atoms with Gasteiger partial charge in [-0.3, -0.25) is 0 Å². The standard InChI is InChI=1S/C16H25FN2/c1-5-18-11(2)14-7-6-8-15(17)16(14)19(4)12(3)13-9-10-13/h6-8,11-13,18H,5,9-10H2,1-4H3. The Morgan fingerprint density at radius 3 is 2.63 bits per heavy atom. The monoisotopic (exact) mass is 264 g/mol. The van der Waals surface area contributed by atoms with Crippen molar-refractivity contribution in [2.24, 2.45) is 5.92 Å². The Labute approximate surface area is 116 Å². The maximum Gasteiger partial charge on any atom is 0.146 e. The smallest absolute Gasteiger partial charge is 0.146 e. The van der Waals surface area contributed by atoms with Crippen LogP contribution in [0.4, 0.5) is 10.1 Å². The molecular weight excluding hydrogens is 239 g/mol. The zero-order chi connectivity index (χ0) is 14.0. The summed E-state index contributed by atoms with van der Waals surface area (Å²) in [7, 11) is 2.02. The van der Waals surface area contributed by atoms with Gasteiger partial charge < -0.3 is 10.2 Å². The third-order valence-corrected chi connectivity index (χ3v) is 4.26. The average Bonchev–Trinajstić information content (AvgIpc) is 3.21. The molecule has 106 valence electrons. The van der Waals surface area contributed by atoms with Crippen LogP contribution in [0, 0.1) is 11.7 Å². The molecule has 1 aromatic carbocycles. The Hall–Kier alpha value is -1.09. The SMILES string of the molecule is CCNC(C)c1cccc(F)c1N(C)C(C)C1CC1. The van der Waals surface area contributed by atoms with Gasteiger partial charge in [-0.15, -0.1) is 0 Å². The molecule has 1 aliphatic carbocycles. The highest BCUT2D eigenvalue weighted by Crippen LogP contribution is 2.38. The van der Waals surface area contributed by atoms with Gasteiger partial charge in [-0.05, 0) is 50.8 Å². The Morgan fingerprint density at radius 1 is 1.37 bits per heavy atom. The van der Waals surface area contributed by atoms with E-state index >= 15 is 0 Å². The first-order valence-corrected chi connectivity index (χ1v) is 7.30. The lowest BCUT2D eigenvalue weighted by Gasteiger charge is -2.31. The molecule has 0 heterocycles. The lowest BCUT2D eigenvalue weighted by molar-refractivity contribution is 0.554. The molecule has 0 spiro atoms. The second-order valence-corrected chi connectivity index (χ2v) is 5.65. The van der Waals surface area contributed by atoms with Gasteiger partial charge in [-0.1, -0.05) is 19.1 Å². The normalized spacial score (nSPS) is 18.2. The Bertz CT molecular complexity index is 429. The topological polar surface area (TPSA) is 15.3 Å². The number of hydrogen-bond acceptors (Lipinski definition) is 2. The number of anilines is 1. The molecule has 2 atom stereocenters. The van der Waals surface area contributed by atoms with E-state index in [-0.39, 0.29) is 11.9 Å². The summed E-state index contributed by atoms with van der Waals surface area (Å²) in [6.45, 7) is 7.26. The summed E-state index contributed by atoms with van der Waals surface area (Å²) < 4.78 is 14.3. The van der Waals surface area contributed by atoms with Crippen LogP contribution in [-0.4, -0.2) is 19.6 Å². The summed E-state index contributed by atoms with van der Waals surface area (Å²) in [6.07, 6.45) is 2.55. The Kier molecular flexibility index (Phi) is 4.46. The van der Waals surface area contributed by atoms with Crippen molar-refractivity contribution >= 4 is 5.69 Å². The van der Waals surface area contributed by atoms with Crippen LogP contribution in [0.1, 0.15) is 45.2 Å². The number of halogens is 1. The van der Waals surface area contributed by atoms with E-state index in [2.05, 4.69) is 31.0 Å². The molecule has 1 N–H and O–H groups in total. The van der Waals surface area contributed by atoms with Crippen molar-refractivity contribution < 1.29 is 4.39 Å². The van der Waals surface area contributed by atoms with Gasteiger partial charge in [0.25, 0.3) is 0 Å². The summed E-state index contributed by atoms with van der Waals surface area (Å²) >= 11 is 0. The molecular formula is C16H25FN2. The lowest BCUT2D eigenvalue weighted by atomic mass is 10.0. The summed E-state index contributed by atoms with van der Waals surface area (Å²) in [5.41, 5.74) is 1.81. The molecule has 1 saturated carbocycles. The van der Waals surface area contributed by atoms with E-state index < -0.39 is 0 Å². The maximum atomic E-state index is 14.3. The highest BCUT2D eigenvalue weighted by atomic mass is 19.1. The van der Waals surface area contributed by atoms with E-state index in [1.165, 1.54) is 12.8 Å². The van der Waals surface area contributed by atoms with Crippen molar-refractivity contribution in [1.82, 2.24) is 5.32 Å². The van der Waals surface area contributed by atoms with Crippen LogP contribution in [0.3, 0.4) is 0 Å².